The molecule has 0 saturated heterocycles. The third-order valence-electron chi connectivity index (χ3n) is 1.14. The Bertz CT molecular complexity index is 39.8. The normalized spacial score (nSPS) is 10.5. The molecular formula is C6H17N2+. The Balaban J connectivity index is 2.92. The molecule has 0 aliphatic heterocycles. The number of hydrogen-bond acceptors (Lipinski definition) is 1. The summed E-state index contributed by atoms with van der Waals surface area (Å²) in [7, 11) is 0. The van der Waals surface area contributed by atoms with Crippen molar-refractivity contribution < 1.29 is 5.01 Å². The van der Waals surface area contributed by atoms with Crippen molar-refractivity contribution in [3.63, 3.8) is 0 Å². The summed E-state index contributed by atoms with van der Waals surface area (Å²) in [6.07, 6.45) is 2.37. The molecule has 2 heteroatoms. The minimum absolute atomic E-state index is 1.10. The molecule has 50 valence electrons. The van der Waals surface area contributed by atoms with Gasteiger partial charge < -0.3 is 0 Å². The first-order valence-electron chi connectivity index (χ1n) is 3.41. The van der Waals surface area contributed by atoms with Crippen LogP contribution in [0.1, 0.15) is 26.7 Å². The van der Waals surface area contributed by atoms with Gasteiger partial charge in [0.2, 0.25) is 0 Å². The molecule has 0 aliphatic carbocycles. The molecule has 3 N–H and O–H groups in total. The smallest absolute Gasteiger partial charge is 0.0941 e. The minimum atomic E-state index is 1.10. The molecule has 0 aromatic carbocycles. The zero-order chi connectivity index (χ0) is 6.41. The number of nitrogens with one attached hydrogen (secondary N) is 1. The molecule has 8 heavy (non-hydrogen) atoms. The Labute approximate surface area is 51.6 Å². The van der Waals surface area contributed by atoms with Crippen LogP contribution in [0.5, 0.6) is 0 Å². The summed E-state index contributed by atoms with van der Waals surface area (Å²) in [5, 5.41) is 1.16. The Hall–Kier alpha value is -0.0800. The highest BCUT2D eigenvalue weighted by molar-refractivity contribution is 4.20. The summed E-state index contributed by atoms with van der Waals surface area (Å²) in [5.74, 6) is 5.61. The third kappa shape index (κ3) is 4.09. The second kappa shape index (κ2) is 5.06. The highest BCUT2D eigenvalue weighted by Gasteiger charge is 1.95. The van der Waals surface area contributed by atoms with Crippen LogP contribution >= 0.6 is 0 Å². The van der Waals surface area contributed by atoms with Crippen LogP contribution in [0.4, 0.5) is 0 Å². The van der Waals surface area contributed by atoms with Crippen LogP contribution in [0.3, 0.4) is 0 Å². The van der Waals surface area contributed by atoms with Gasteiger partial charge in [-0.05, 0) is 12.8 Å². The van der Waals surface area contributed by atoms with Gasteiger partial charge in [-0.25, -0.2) is 0 Å². The Kier molecular flexibility index (Phi) is 5.01. The average Bonchev–Trinajstić information content (AvgIpc) is 1.68. The van der Waals surface area contributed by atoms with E-state index >= 15 is 0 Å². The largest absolute Gasteiger partial charge is 0.260 e. The summed E-state index contributed by atoms with van der Waals surface area (Å²) >= 11 is 0. The summed E-state index contributed by atoms with van der Waals surface area (Å²) < 4.78 is 0. The number of quaternary nitrogens is 1. The van der Waals surface area contributed by atoms with Crippen LogP contribution in [-0.4, -0.2) is 13.1 Å². The second-order valence-electron chi connectivity index (χ2n) is 2.16. The molecule has 0 aromatic rings. The van der Waals surface area contributed by atoms with E-state index in [1.807, 2.05) is 0 Å². The van der Waals surface area contributed by atoms with E-state index in [9.17, 15) is 0 Å². The van der Waals surface area contributed by atoms with Crippen molar-refractivity contribution in [2.45, 2.75) is 26.7 Å². The van der Waals surface area contributed by atoms with Gasteiger partial charge in [0, 0.05) is 0 Å². The van der Waals surface area contributed by atoms with E-state index < -0.39 is 0 Å². The highest BCUT2D eigenvalue weighted by atomic mass is 15.4. The van der Waals surface area contributed by atoms with Crippen molar-refractivity contribution in [1.82, 2.24) is 0 Å². The van der Waals surface area contributed by atoms with Crippen LogP contribution < -0.4 is 10.9 Å². The molecule has 0 rings (SSSR count). The molecule has 0 spiro atoms. The Morgan fingerprint density at radius 2 is 1.50 bits per heavy atom. The molecule has 0 amide bonds. The van der Waals surface area contributed by atoms with Crippen molar-refractivity contribution in [1.29, 1.82) is 0 Å². The van der Waals surface area contributed by atoms with Crippen LogP contribution in [-0.2, 0) is 0 Å². The maximum absolute atomic E-state index is 5.61. The van der Waals surface area contributed by atoms with Crippen molar-refractivity contribution in [3.8, 4) is 0 Å². The van der Waals surface area contributed by atoms with Gasteiger partial charge in [0.15, 0.2) is 0 Å². The zero-order valence-electron chi connectivity index (χ0n) is 5.91. The average molecular weight is 117 g/mol. The molecule has 0 radical (unpaired) electrons. The fraction of sp³-hybridized carbons (Fsp3) is 1.00. The molecule has 0 fully saturated rings. The predicted octanol–water partition coefficient (Wildman–Crippen LogP) is -0.435. The fourth-order valence-corrected chi connectivity index (χ4v) is 0.767. The van der Waals surface area contributed by atoms with E-state index in [4.69, 9.17) is 5.84 Å². The third-order valence-corrected chi connectivity index (χ3v) is 1.14. The van der Waals surface area contributed by atoms with Crippen LogP contribution in [0.25, 0.3) is 0 Å². The highest BCUT2D eigenvalue weighted by Crippen LogP contribution is 1.64. The molecule has 2 nitrogen and oxygen atoms in total. The van der Waals surface area contributed by atoms with Crippen molar-refractivity contribution >= 4 is 0 Å². The monoisotopic (exact) mass is 117 g/mol. The summed E-state index contributed by atoms with van der Waals surface area (Å²) in [6.45, 7) is 6.52. The maximum atomic E-state index is 5.61. The fourth-order valence-electron chi connectivity index (χ4n) is 0.767. The lowest BCUT2D eigenvalue weighted by Gasteiger charge is -2.08. The van der Waals surface area contributed by atoms with E-state index in [0.29, 0.717) is 0 Å². The topological polar surface area (TPSA) is 30.5 Å². The lowest BCUT2D eigenvalue weighted by molar-refractivity contribution is -0.912. The SMILES string of the molecule is CCC[NH+](N)CCC. The van der Waals surface area contributed by atoms with E-state index in [1.54, 1.807) is 0 Å². The first-order chi connectivity index (χ1) is 3.81. The molecule has 0 unspecified atom stereocenters. The Morgan fingerprint density at radius 1 is 1.12 bits per heavy atom. The predicted molar refractivity (Wildman–Crippen MR) is 35.5 cm³/mol. The molecular weight excluding hydrogens is 100 g/mol. The summed E-state index contributed by atoms with van der Waals surface area (Å²) in [5.41, 5.74) is 0. The van der Waals surface area contributed by atoms with Crippen LogP contribution in [0, 0.1) is 0 Å². The summed E-state index contributed by atoms with van der Waals surface area (Å²) in [4.78, 5) is 0. The number of rotatable bonds is 4. The molecule has 0 aromatic heterocycles. The van der Waals surface area contributed by atoms with E-state index in [2.05, 4.69) is 13.8 Å². The minimum Gasteiger partial charge on any atom is -0.260 e. The van der Waals surface area contributed by atoms with Gasteiger partial charge in [0.05, 0.1) is 13.1 Å². The van der Waals surface area contributed by atoms with Crippen molar-refractivity contribution in [3.05, 3.63) is 0 Å². The van der Waals surface area contributed by atoms with Crippen molar-refractivity contribution in [2.24, 2.45) is 5.84 Å². The Morgan fingerprint density at radius 3 is 1.75 bits per heavy atom. The first kappa shape index (κ1) is 7.92. The lowest BCUT2D eigenvalue weighted by Crippen LogP contribution is -3.17. The van der Waals surface area contributed by atoms with Gasteiger partial charge in [0.25, 0.3) is 0 Å². The quantitative estimate of drug-likeness (QED) is 0.380. The molecule has 0 heterocycles. The van der Waals surface area contributed by atoms with Gasteiger partial charge in [-0.3, -0.25) is 5.01 Å². The zero-order valence-corrected chi connectivity index (χ0v) is 5.91. The molecule has 0 atom stereocenters. The number of hydrogen-bond donors (Lipinski definition) is 2. The van der Waals surface area contributed by atoms with E-state index in [-0.39, 0.29) is 0 Å². The van der Waals surface area contributed by atoms with Gasteiger partial charge >= 0.3 is 0 Å². The first-order valence-corrected chi connectivity index (χ1v) is 3.41. The van der Waals surface area contributed by atoms with Crippen LogP contribution in [0.15, 0.2) is 0 Å². The van der Waals surface area contributed by atoms with E-state index in [0.717, 1.165) is 18.1 Å². The van der Waals surface area contributed by atoms with Crippen LogP contribution in [0.2, 0.25) is 0 Å². The second-order valence-corrected chi connectivity index (χ2v) is 2.16. The van der Waals surface area contributed by atoms with E-state index in [1.165, 1.54) is 12.8 Å². The van der Waals surface area contributed by atoms with Gasteiger partial charge in [0.1, 0.15) is 0 Å². The molecule has 0 bridgehead atoms. The molecule has 0 aliphatic rings. The van der Waals surface area contributed by atoms with Crippen molar-refractivity contribution in [2.75, 3.05) is 13.1 Å². The number of nitrogens with two attached hydrogens (primary N) is 1. The van der Waals surface area contributed by atoms with Gasteiger partial charge in [-0.2, -0.15) is 5.84 Å². The van der Waals surface area contributed by atoms with Gasteiger partial charge in [-0.1, -0.05) is 13.8 Å². The maximum Gasteiger partial charge on any atom is 0.0941 e. The standard InChI is InChI=1S/C6H16N2/c1-3-5-8(7)6-4-2/h3-7H2,1-2H3/p+1. The summed E-state index contributed by atoms with van der Waals surface area (Å²) in [6, 6.07) is 0. The molecule has 0 saturated carbocycles. The lowest BCUT2D eigenvalue weighted by atomic mass is 10.4. The van der Waals surface area contributed by atoms with Gasteiger partial charge in [-0.15, -0.1) is 0 Å².